The first-order chi connectivity index (χ1) is 17.2. The van der Waals surface area contributed by atoms with Crippen molar-refractivity contribution in [3.05, 3.63) is 22.7 Å². The fourth-order valence-corrected chi connectivity index (χ4v) is 3.98. The van der Waals surface area contributed by atoms with Crippen LogP contribution in [-0.2, 0) is 24.0 Å². The number of nitrogens with zero attached hydrogens (tertiary/aromatic N) is 1. The van der Waals surface area contributed by atoms with E-state index >= 15 is 0 Å². The average Bonchev–Trinajstić information content (AvgIpc) is 3.13. The number of benzene rings is 1. The number of hydrogen-bond acceptors (Lipinski definition) is 7. The smallest absolute Gasteiger partial charge is 0.305 e. The van der Waals surface area contributed by atoms with E-state index < -0.39 is 73.0 Å². The summed E-state index contributed by atoms with van der Waals surface area (Å²) in [5, 5.41) is 15.5. The monoisotopic (exact) mass is 546 g/mol. The van der Waals surface area contributed by atoms with Crippen LogP contribution in [-0.4, -0.2) is 83.6 Å². The summed E-state index contributed by atoms with van der Waals surface area (Å²) in [6.45, 7) is 1.33. The second-order valence-electron chi connectivity index (χ2n) is 8.28. The third-order valence-corrected chi connectivity index (χ3v) is 5.69. The van der Waals surface area contributed by atoms with E-state index in [1.54, 1.807) is 0 Å². The van der Waals surface area contributed by atoms with Gasteiger partial charge in [0.25, 0.3) is 11.8 Å². The Labute approximate surface area is 214 Å². The Balaban J connectivity index is 2.21. The van der Waals surface area contributed by atoms with Crippen LogP contribution in [0.15, 0.2) is 12.1 Å². The van der Waals surface area contributed by atoms with Crippen LogP contribution in [0.5, 0.6) is 5.75 Å². The standard InChI is InChI=1S/C22H25ClF2N4O8/c1-10(26-19(34)13-4-5-14(27-11(2)31)17(23)18(13)37-3)21(36)29-9-22(24,25)7-15(29)20(35)28-12(8-30)6-16(32)33/h4-5,8,10,12,15H,6-7,9H2,1-3H3,(H,26,34)(H,27,31)(H,28,35)(H,32,33). The lowest BCUT2D eigenvalue weighted by molar-refractivity contribution is -0.142. The Morgan fingerprint density at radius 3 is 2.46 bits per heavy atom. The quantitative estimate of drug-likeness (QED) is 0.312. The van der Waals surface area contributed by atoms with Crippen LogP contribution in [0, 0.1) is 0 Å². The second kappa shape index (κ2) is 12.0. The summed E-state index contributed by atoms with van der Waals surface area (Å²) in [6, 6.07) is -1.98. The van der Waals surface area contributed by atoms with Crippen LogP contribution in [0.2, 0.25) is 5.02 Å². The molecular weight excluding hydrogens is 522 g/mol. The number of rotatable bonds is 10. The van der Waals surface area contributed by atoms with Crippen molar-refractivity contribution in [1.82, 2.24) is 15.5 Å². The topological polar surface area (TPSA) is 171 Å². The van der Waals surface area contributed by atoms with Crippen LogP contribution in [0.1, 0.15) is 37.0 Å². The van der Waals surface area contributed by atoms with E-state index in [2.05, 4.69) is 10.6 Å². The number of alkyl halides is 2. The highest BCUT2D eigenvalue weighted by Gasteiger charge is 2.51. The van der Waals surface area contributed by atoms with E-state index in [4.69, 9.17) is 21.4 Å². The third-order valence-electron chi connectivity index (χ3n) is 5.32. The van der Waals surface area contributed by atoms with Crippen molar-refractivity contribution < 1.29 is 47.4 Å². The minimum Gasteiger partial charge on any atom is -0.494 e. The second-order valence-corrected chi connectivity index (χ2v) is 8.65. The van der Waals surface area contributed by atoms with Crippen LogP contribution < -0.4 is 20.7 Å². The number of likely N-dealkylation sites (tertiary alicyclic amines) is 1. The summed E-state index contributed by atoms with van der Waals surface area (Å²) >= 11 is 6.19. The van der Waals surface area contributed by atoms with Gasteiger partial charge in [-0.05, 0) is 19.1 Å². The number of carbonyl (C=O) groups excluding carboxylic acids is 5. The minimum absolute atomic E-state index is 0.0913. The van der Waals surface area contributed by atoms with Gasteiger partial charge in [-0.3, -0.25) is 24.0 Å². The SMILES string of the molecule is COc1c(C(=O)NC(C)C(=O)N2CC(F)(F)CC2C(=O)NC(C=O)CC(=O)O)ccc(NC(C)=O)c1Cl. The molecule has 0 aliphatic carbocycles. The molecule has 0 aromatic heterocycles. The number of hydrogen-bond donors (Lipinski definition) is 4. The number of carboxylic acids is 1. The van der Waals surface area contributed by atoms with Crippen molar-refractivity contribution in [2.45, 2.75) is 50.7 Å². The number of ether oxygens (including phenoxy) is 1. The Morgan fingerprint density at radius 1 is 1.27 bits per heavy atom. The fourth-order valence-electron chi connectivity index (χ4n) is 3.69. The summed E-state index contributed by atoms with van der Waals surface area (Å²) in [5.74, 6) is -8.41. The highest BCUT2D eigenvalue weighted by molar-refractivity contribution is 6.35. The van der Waals surface area contributed by atoms with Crippen molar-refractivity contribution >= 4 is 53.2 Å². The van der Waals surface area contributed by atoms with Gasteiger partial charge >= 0.3 is 5.97 Å². The first kappa shape index (κ1) is 29.4. The van der Waals surface area contributed by atoms with Gasteiger partial charge in [0.2, 0.25) is 17.7 Å². The van der Waals surface area contributed by atoms with Crippen LogP contribution in [0.4, 0.5) is 14.5 Å². The van der Waals surface area contributed by atoms with E-state index in [-0.39, 0.29) is 28.3 Å². The van der Waals surface area contributed by atoms with E-state index in [1.165, 1.54) is 33.1 Å². The molecule has 3 atom stereocenters. The van der Waals surface area contributed by atoms with E-state index in [1.807, 2.05) is 5.32 Å². The summed E-state index contributed by atoms with van der Waals surface area (Å²) in [4.78, 5) is 72.1. The summed E-state index contributed by atoms with van der Waals surface area (Å²) in [5.41, 5.74) is 0.0427. The molecule has 1 heterocycles. The van der Waals surface area contributed by atoms with Crippen LogP contribution in [0.3, 0.4) is 0 Å². The maximum Gasteiger partial charge on any atom is 0.305 e. The molecule has 1 fully saturated rings. The molecule has 1 aliphatic heterocycles. The van der Waals surface area contributed by atoms with Gasteiger partial charge in [0.05, 0.1) is 37.4 Å². The zero-order valence-corrected chi connectivity index (χ0v) is 20.7. The fraction of sp³-hybridized carbons (Fsp3) is 0.455. The van der Waals surface area contributed by atoms with Gasteiger partial charge in [0.1, 0.15) is 23.4 Å². The predicted octanol–water partition coefficient (Wildman–Crippen LogP) is 0.820. The molecule has 1 saturated heterocycles. The van der Waals surface area contributed by atoms with E-state index in [0.29, 0.717) is 4.90 Å². The number of nitrogens with one attached hydrogen (secondary N) is 3. The lowest BCUT2D eigenvalue weighted by atomic mass is 10.1. The number of aldehydes is 1. The number of anilines is 1. The van der Waals surface area contributed by atoms with Crippen molar-refractivity contribution in [1.29, 1.82) is 0 Å². The third kappa shape index (κ3) is 7.35. The predicted molar refractivity (Wildman–Crippen MR) is 125 cm³/mol. The first-order valence-corrected chi connectivity index (χ1v) is 11.2. The molecule has 15 heteroatoms. The number of methoxy groups -OCH3 is 1. The van der Waals surface area contributed by atoms with Crippen molar-refractivity contribution in [3.63, 3.8) is 0 Å². The highest BCUT2D eigenvalue weighted by Crippen LogP contribution is 2.36. The van der Waals surface area contributed by atoms with Gasteiger partial charge in [0.15, 0.2) is 5.75 Å². The molecule has 1 aromatic carbocycles. The van der Waals surface area contributed by atoms with E-state index in [9.17, 15) is 37.5 Å². The van der Waals surface area contributed by atoms with Crippen molar-refractivity contribution in [2.75, 3.05) is 19.0 Å². The molecule has 12 nitrogen and oxygen atoms in total. The molecule has 202 valence electrons. The molecule has 2 rings (SSSR count). The number of halogens is 3. The molecule has 1 aromatic rings. The molecule has 4 N–H and O–H groups in total. The molecule has 37 heavy (non-hydrogen) atoms. The first-order valence-electron chi connectivity index (χ1n) is 10.8. The summed E-state index contributed by atoms with van der Waals surface area (Å²) in [7, 11) is 1.22. The number of amides is 4. The van der Waals surface area contributed by atoms with Gasteiger partial charge in [0, 0.05) is 13.3 Å². The molecule has 1 aliphatic rings. The lowest BCUT2D eigenvalue weighted by Gasteiger charge is -2.27. The van der Waals surface area contributed by atoms with Gasteiger partial charge < -0.3 is 35.5 Å². The maximum atomic E-state index is 14.2. The molecule has 4 amide bonds. The number of carbonyl (C=O) groups is 6. The normalized spacial score (nSPS) is 17.8. The Kier molecular flexibility index (Phi) is 9.50. The largest absolute Gasteiger partial charge is 0.494 e. The highest BCUT2D eigenvalue weighted by atomic mass is 35.5. The molecular formula is C22H25ClF2N4O8. The molecule has 0 bridgehead atoms. The molecule has 0 radical (unpaired) electrons. The Hall–Kier alpha value is -3.81. The summed E-state index contributed by atoms with van der Waals surface area (Å²) < 4.78 is 33.5. The van der Waals surface area contributed by atoms with Crippen LogP contribution >= 0.6 is 11.6 Å². The van der Waals surface area contributed by atoms with Gasteiger partial charge in [-0.2, -0.15) is 0 Å². The van der Waals surface area contributed by atoms with Crippen LogP contribution in [0.25, 0.3) is 0 Å². The number of carboxylic acid groups (broad SMARTS) is 1. The van der Waals surface area contributed by atoms with Crippen molar-refractivity contribution in [3.8, 4) is 5.75 Å². The molecule has 0 saturated carbocycles. The van der Waals surface area contributed by atoms with Gasteiger partial charge in [-0.15, -0.1) is 0 Å². The average molecular weight is 547 g/mol. The maximum absolute atomic E-state index is 14.2. The Bertz CT molecular complexity index is 1120. The summed E-state index contributed by atoms with van der Waals surface area (Å²) in [6.07, 6.45) is -1.69. The van der Waals surface area contributed by atoms with Gasteiger partial charge in [-0.1, -0.05) is 11.6 Å². The zero-order chi connectivity index (χ0) is 28.1. The zero-order valence-electron chi connectivity index (χ0n) is 20.0. The molecule has 0 spiro atoms. The molecule has 3 unspecified atom stereocenters. The Morgan fingerprint density at radius 2 is 1.92 bits per heavy atom. The van der Waals surface area contributed by atoms with Gasteiger partial charge in [-0.25, -0.2) is 8.78 Å². The minimum atomic E-state index is -3.44. The number of aliphatic carboxylic acids is 1. The van der Waals surface area contributed by atoms with Crippen molar-refractivity contribution in [2.24, 2.45) is 0 Å². The lowest BCUT2D eigenvalue weighted by Crippen LogP contribution is -2.54. The van der Waals surface area contributed by atoms with E-state index in [0.717, 1.165) is 0 Å².